The average molecular weight is 337 g/mol. The van der Waals surface area contributed by atoms with E-state index in [1.54, 1.807) is 0 Å². The van der Waals surface area contributed by atoms with Crippen LogP contribution in [0.3, 0.4) is 0 Å². The quantitative estimate of drug-likeness (QED) is 0.812. The summed E-state index contributed by atoms with van der Waals surface area (Å²) in [5.41, 5.74) is 0. The lowest BCUT2D eigenvalue weighted by molar-refractivity contribution is -0.127. The molecule has 0 aromatic carbocycles. The van der Waals surface area contributed by atoms with Crippen molar-refractivity contribution in [3.63, 3.8) is 0 Å². The van der Waals surface area contributed by atoms with Crippen LogP contribution in [0.5, 0.6) is 0 Å². The Hall–Kier alpha value is -1.17. The molecule has 0 aliphatic heterocycles. The maximum atomic E-state index is 12.5. The van der Waals surface area contributed by atoms with Crippen molar-refractivity contribution in [3.05, 3.63) is 10.6 Å². The molecule has 0 spiro atoms. The molecule has 0 radical (unpaired) electrons. The molecule has 1 aromatic heterocycles. The van der Waals surface area contributed by atoms with E-state index in [1.165, 1.54) is 32.1 Å². The van der Waals surface area contributed by atoms with Gasteiger partial charge in [0.2, 0.25) is 5.91 Å². The summed E-state index contributed by atoms with van der Waals surface area (Å²) in [4.78, 5) is 12.5. The summed E-state index contributed by atoms with van der Waals surface area (Å²) in [6.07, 6.45) is 9.72. The van der Waals surface area contributed by atoms with E-state index in [2.05, 4.69) is 22.4 Å². The number of aryl methyl sites for hydroxylation is 1. The second kappa shape index (κ2) is 7.60. The van der Waals surface area contributed by atoms with Crippen LogP contribution >= 0.6 is 12.2 Å². The van der Waals surface area contributed by atoms with Crippen molar-refractivity contribution < 1.29 is 4.79 Å². The molecule has 2 N–H and O–H groups in total. The van der Waals surface area contributed by atoms with Crippen molar-refractivity contribution in [2.24, 2.45) is 17.8 Å². The normalized spacial score (nSPS) is 27.4. The third-order valence-corrected chi connectivity index (χ3v) is 6.01. The van der Waals surface area contributed by atoms with Gasteiger partial charge in [-0.05, 0) is 43.3 Å². The number of nitrogens with one attached hydrogen (secondary N) is 2. The fourth-order valence-corrected chi connectivity index (χ4v) is 4.64. The van der Waals surface area contributed by atoms with Crippen molar-refractivity contribution >= 4 is 18.1 Å². The van der Waals surface area contributed by atoms with Crippen LogP contribution in [0.4, 0.5) is 0 Å². The van der Waals surface area contributed by atoms with E-state index in [0.717, 1.165) is 36.9 Å². The van der Waals surface area contributed by atoms with E-state index in [9.17, 15) is 4.79 Å². The molecule has 3 atom stereocenters. The number of H-pyrrole nitrogens is 1. The predicted molar refractivity (Wildman–Crippen MR) is 92.6 cm³/mol. The highest BCUT2D eigenvalue weighted by Crippen LogP contribution is 2.42. The minimum absolute atomic E-state index is 0.220. The highest BCUT2D eigenvalue weighted by Gasteiger charge is 2.34. The van der Waals surface area contributed by atoms with Crippen molar-refractivity contribution in [1.29, 1.82) is 0 Å². The summed E-state index contributed by atoms with van der Waals surface area (Å²) in [5.74, 6) is 3.10. The number of rotatable bonds is 5. The van der Waals surface area contributed by atoms with Gasteiger partial charge in [-0.3, -0.25) is 9.89 Å². The van der Waals surface area contributed by atoms with Gasteiger partial charge in [-0.15, -0.1) is 0 Å². The molecular formula is C17H28N4OS. The van der Waals surface area contributed by atoms with Crippen molar-refractivity contribution in [2.75, 3.05) is 6.54 Å². The van der Waals surface area contributed by atoms with Gasteiger partial charge in [0.25, 0.3) is 0 Å². The first-order chi connectivity index (χ1) is 11.2. The molecular weight excluding hydrogens is 308 g/mol. The third-order valence-electron chi connectivity index (χ3n) is 5.70. The summed E-state index contributed by atoms with van der Waals surface area (Å²) in [6.45, 7) is 3.38. The fourth-order valence-electron chi connectivity index (χ4n) is 4.40. The maximum Gasteiger partial charge on any atom is 0.223 e. The van der Waals surface area contributed by atoms with Gasteiger partial charge in [-0.1, -0.05) is 32.6 Å². The number of hydrogen-bond donors (Lipinski definition) is 2. The highest BCUT2D eigenvalue weighted by molar-refractivity contribution is 7.71. The summed E-state index contributed by atoms with van der Waals surface area (Å²) in [6, 6.07) is 0. The Bertz CT molecular complexity index is 594. The highest BCUT2D eigenvalue weighted by atomic mass is 32.1. The number of aromatic nitrogens is 3. The lowest BCUT2D eigenvalue weighted by atomic mass is 9.67. The number of fused-ring (bicyclic) bond motifs is 1. The van der Waals surface area contributed by atoms with Crippen LogP contribution < -0.4 is 5.32 Å². The van der Waals surface area contributed by atoms with Crippen LogP contribution in [-0.2, 0) is 17.8 Å². The summed E-state index contributed by atoms with van der Waals surface area (Å²) in [5, 5.41) is 10.1. The zero-order valence-electron chi connectivity index (χ0n) is 14.0. The summed E-state index contributed by atoms with van der Waals surface area (Å²) < 4.78 is 2.62. The molecule has 3 rings (SSSR count). The molecule has 0 bridgehead atoms. The minimum Gasteiger partial charge on any atom is -0.354 e. The lowest BCUT2D eigenvalue weighted by Crippen LogP contribution is -2.38. The molecule has 128 valence electrons. The van der Waals surface area contributed by atoms with Crippen LogP contribution in [0.1, 0.15) is 57.7 Å². The topological polar surface area (TPSA) is 62.7 Å². The Morgan fingerprint density at radius 3 is 2.87 bits per heavy atom. The van der Waals surface area contributed by atoms with Crippen molar-refractivity contribution in [3.8, 4) is 0 Å². The van der Waals surface area contributed by atoms with Crippen LogP contribution in [0.25, 0.3) is 0 Å². The molecule has 0 saturated heterocycles. The number of nitrogens with zero attached hydrogens (tertiary/aromatic N) is 2. The van der Waals surface area contributed by atoms with E-state index in [1.807, 2.05) is 4.57 Å². The van der Waals surface area contributed by atoms with Gasteiger partial charge in [0.15, 0.2) is 4.77 Å². The van der Waals surface area contributed by atoms with E-state index in [0.29, 0.717) is 17.9 Å². The molecule has 1 amide bonds. The van der Waals surface area contributed by atoms with E-state index in [4.69, 9.17) is 12.2 Å². The number of carbonyl (C=O) groups excluding carboxylic acids is 1. The van der Waals surface area contributed by atoms with Gasteiger partial charge in [0, 0.05) is 25.4 Å². The Labute approximate surface area is 143 Å². The van der Waals surface area contributed by atoms with Gasteiger partial charge < -0.3 is 9.88 Å². The average Bonchev–Trinajstić information content (AvgIpc) is 2.94. The lowest BCUT2D eigenvalue weighted by Gasteiger charge is -2.38. The number of hydrogen-bond acceptors (Lipinski definition) is 3. The largest absolute Gasteiger partial charge is 0.354 e. The number of amides is 1. The number of carbonyl (C=O) groups is 1. The van der Waals surface area contributed by atoms with Crippen molar-refractivity contribution in [2.45, 2.75) is 64.8 Å². The monoisotopic (exact) mass is 336 g/mol. The molecule has 2 saturated carbocycles. The molecule has 1 aromatic rings. The van der Waals surface area contributed by atoms with Gasteiger partial charge in [0.05, 0.1) is 0 Å². The van der Waals surface area contributed by atoms with E-state index >= 15 is 0 Å². The first-order valence-electron chi connectivity index (χ1n) is 9.10. The van der Waals surface area contributed by atoms with Gasteiger partial charge in [-0.25, -0.2) is 0 Å². The van der Waals surface area contributed by atoms with Crippen molar-refractivity contribution in [1.82, 2.24) is 20.1 Å². The number of aromatic amines is 1. The van der Waals surface area contributed by atoms with Crippen LogP contribution in [0, 0.1) is 22.5 Å². The van der Waals surface area contributed by atoms with Gasteiger partial charge >= 0.3 is 0 Å². The second-order valence-electron chi connectivity index (χ2n) is 7.06. The SMILES string of the molecule is CCc1n[nH]c(=S)n1CCNC(=O)[C@@H]1CC[C@@H]2CCCC[C@@H]2C1. The Morgan fingerprint density at radius 1 is 1.30 bits per heavy atom. The zero-order chi connectivity index (χ0) is 16.2. The Balaban J connectivity index is 1.48. The molecule has 23 heavy (non-hydrogen) atoms. The molecule has 2 aliphatic carbocycles. The molecule has 1 heterocycles. The maximum absolute atomic E-state index is 12.5. The molecule has 2 aliphatic rings. The Kier molecular flexibility index (Phi) is 5.51. The Morgan fingerprint density at radius 2 is 2.09 bits per heavy atom. The fraction of sp³-hybridized carbons (Fsp3) is 0.824. The van der Waals surface area contributed by atoms with E-state index in [-0.39, 0.29) is 11.8 Å². The van der Waals surface area contributed by atoms with Gasteiger partial charge in [0.1, 0.15) is 5.82 Å². The van der Waals surface area contributed by atoms with Crippen LogP contribution in [0.15, 0.2) is 0 Å². The van der Waals surface area contributed by atoms with Gasteiger partial charge in [-0.2, -0.15) is 5.10 Å². The summed E-state index contributed by atoms with van der Waals surface area (Å²) >= 11 is 5.24. The minimum atomic E-state index is 0.220. The standard InChI is InChI=1S/C17H28N4OS/c1-2-15-19-20-17(23)21(15)10-9-18-16(22)14-8-7-12-5-3-4-6-13(12)11-14/h12-14H,2-11H2,1H3,(H,18,22)(H,20,23)/t12-,13+,14+/m0/s1. The summed E-state index contributed by atoms with van der Waals surface area (Å²) in [7, 11) is 0. The van der Waals surface area contributed by atoms with Crippen LogP contribution in [-0.4, -0.2) is 27.2 Å². The molecule has 6 heteroatoms. The second-order valence-corrected chi connectivity index (χ2v) is 7.44. The first kappa shape index (κ1) is 16.7. The molecule has 5 nitrogen and oxygen atoms in total. The zero-order valence-corrected chi connectivity index (χ0v) is 14.8. The molecule has 0 unspecified atom stereocenters. The predicted octanol–water partition coefficient (Wildman–Crippen LogP) is 3.23. The molecule has 2 fully saturated rings. The van der Waals surface area contributed by atoms with E-state index < -0.39 is 0 Å². The van der Waals surface area contributed by atoms with Crippen LogP contribution in [0.2, 0.25) is 0 Å². The third kappa shape index (κ3) is 3.84. The first-order valence-corrected chi connectivity index (χ1v) is 9.51. The smallest absolute Gasteiger partial charge is 0.223 e.